The molecule has 6 saturated heterocycles. The predicted octanol–water partition coefficient (Wildman–Crippen LogP) is 4.86. The summed E-state index contributed by atoms with van der Waals surface area (Å²) in [6.45, 7) is 0. The van der Waals surface area contributed by atoms with Gasteiger partial charge in [-0.1, -0.05) is 224 Å². The van der Waals surface area contributed by atoms with E-state index < -0.39 is 70.4 Å². The lowest BCUT2D eigenvalue weighted by Crippen LogP contribution is -2.95. The molecule has 6 heterocycles. The Morgan fingerprint density at radius 3 is 0.729 bits per heavy atom. The van der Waals surface area contributed by atoms with Gasteiger partial charge in [-0.25, -0.2) is 0 Å². The van der Waals surface area contributed by atoms with Crippen LogP contribution in [0.25, 0.3) is 0 Å². The number of benzene rings is 7. The second kappa shape index (κ2) is 17.6. The van der Waals surface area contributed by atoms with Crippen molar-refractivity contribution in [3.8, 4) is 0 Å². The number of rotatable bonds is 10. The maximum Gasteiger partial charge on any atom is 0.515 e. The van der Waals surface area contributed by atoms with Crippen molar-refractivity contribution in [3.05, 3.63) is 224 Å². The Morgan fingerprint density at radius 2 is 0.514 bits per heavy atom. The van der Waals surface area contributed by atoms with Crippen LogP contribution in [0.5, 0.6) is 0 Å². The van der Waals surface area contributed by atoms with Crippen LogP contribution < -0.4 is 36.3 Å². The maximum absolute atomic E-state index is 8.19. The molecule has 14 rings (SSSR count). The van der Waals surface area contributed by atoms with Crippen LogP contribution in [0, 0.1) is 5.92 Å². The molecule has 0 spiro atoms. The number of hydrogen-bond acceptors (Lipinski definition) is 12. The zero-order chi connectivity index (χ0) is 46.8. The number of allylic oxidation sites excluding steroid dienone is 2. The minimum Gasteiger partial charge on any atom is -0.370 e. The Labute approximate surface area is 415 Å². The van der Waals surface area contributed by atoms with E-state index in [0.29, 0.717) is 54.7 Å². The Kier molecular flexibility index (Phi) is 11.4. The van der Waals surface area contributed by atoms with Crippen molar-refractivity contribution in [2.45, 2.75) is 31.7 Å². The monoisotopic (exact) mass is 1060 g/mol. The lowest BCUT2D eigenvalue weighted by Gasteiger charge is -2.63. The molecule has 0 aromatic heterocycles. The van der Waals surface area contributed by atoms with Crippen LogP contribution in [0.3, 0.4) is 0 Å². The molecule has 7 aromatic carbocycles. The summed E-state index contributed by atoms with van der Waals surface area (Å²) in [6, 6.07) is 68.6. The van der Waals surface area contributed by atoms with Crippen molar-refractivity contribution in [1.29, 1.82) is 0 Å². The van der Waals surface area contributed by atoms with Crippen LogP contribution in [0.15, 0.2) is 224 Å². The Hall–Kier alpha value is -4.46. The molecule has 20 heteroatoms. The highest BCUT2D eigenvalue weighted by Gasteiger charge is 2.86. The van der Waals surface area contributed by atoms with Gasteiger partial charge in [-0.3, -0.25) is 0 Å². The van der Waals surface area contributed by atoms with Crippen LogP contribution in [-0.4, -0.2) is 70.4 Å². The molecule has 0 N–H and O–H groups in total. The smallest absolute Gasteiger partial charge is 0.370 e. The van der Waals surface area contributed by atoms with Gasteiger partial charge in [0.05, 0.1) is 0 Å². The Balaban J connectivity index is 1.21. The third-order valence-corrected chi connectivity index (χ3v) is 47.9. The van der Waals surface area contributed by atoms with Gasteiger partial charge in [0.1, 0.15) is 0 Å². The largest absolute Gasteiger partial charge is 0.515 e. The van der Waals surface area contributed by atoms with Crippen LogP contribution in [0.4, 0.5) is 0 Å². The Morgan fingerprint density at radius 1 is 0.286 bits per heavy atom. The molecule has 1 unspecified atom stereocenters. The normalized spacial score (nSPS) is 35.2. The van der Waals surface area contributed by atoms with Gasteiger partial charge in [-0.2, -0.15) is 0 Å². The minimum absolute atomic E-state index is 0.305. The molecule has 0 saturated carbocycles. The first-order chi connectivity index (χ1) is 34.3. The van der Waals surface area contributed by atoms with E-state index in [0.717, 1.165) is 19.3 Å². The van der Waals surface area contributed by atoms with Crippen molar-refractivity contribution in [3.63, 3.8) is 0 Å². The molecule has 70 heavy (non-hydrogen) atoms. The highest BCUT2D eigenvalue weighted by atomic mass is 28.6. The quantitative estimate of drug-likeness (QED) is 0.138. The van der Waals surface area contributed by atoms with Crippen molar-refractivity contribution in [2.24, 2.45) is 5.92 Å². The van der Waals surface area contributed by atoms with Crippen LogP contribution in [0.2, 0.25) is 6.04 Å². The maximum atomic E-state index is 8.19. The number of hydrogen-bond donors (Lipinski definition) is 0. The summed E-state index contributed by atoms with van der Waals surface area (Å²) < 4.78 is 98.0. The standard InChI is InChI=1S/C50H48O12Si8/c1-9-25-43(26-10-1)41-42-63-51-64(44-27-11-2-12-28-44)54-67(47-33-17-5-18-34-47)56-65(52-63,45-29-13-3-14-30-45)58-69(49-37-21-7-22-38-49)59-66(53-63,46-31-15-4-16-32-46)57-68(55-64,48-35-19-6-20-36-48)61-70(60-67,62-69)50-39-23-8-24-40-50/h1-9,11-24,27-40,43H,10,25-26,41-42H2. The molecule has 7 aliphatic rings. The van der Waals surface area contributed by atoms with Gasteiger partial charge < -0.3 is 49.4 Å². The predicted molar refractivity (Wildman–Crippen MR) is 277 cm³/mol. The van der Waals surface area contributed by atoms with Gasteiger partial charge in [-0.05, 0) is 31.6 Å². The SMILES string of the molecule is C1=CCC(CC[Si]23O[Si]4(c5ccccc5)O[Si]5(c6ccccc6)O[Si](c6ccccc6)(O2)O[Si]2(c6ccccc6)O[Si](c6ccccc6)(O3)O[Si](c3ccccc3)(O4)O[Si](c3ccccc3)(O5)O2)CC1. The molecule has 6 fully saturated rings. The average Bonchev–Trinajstić information content (AvgIpc) is 3.39. The highest BCUT2D eigenvalue weighted by molar-refractivity contribution is 7.13. The zero-order valence-corrected chi connectivity index (χ0v) is 45.9. The van der Waals surface area contributed by atoms with E-state index in [9.17, 15) is 0 Å². The fourth-order valence-electron chi connectivity index (χ4n) is 10.1. The van der Waals surface area contributed by atoms with Crippen molar-refractivity contribution < 1.29 is 49.4 Å². The topological polar surface area (TPSA) is 111 Å². The van der Waals surface area contributed by atoms with E-state index in [1.165, 1.54) is 0 Å². The van der Waals surface area contributed by atoms with Crippen molar-refractivity contribution >= 4 is 107 Å². The molecule has 8 bridgehead atoms. The third kappa shape index (κ3) is 7.71. The second-order valence-corrected chi connectivity index (χ2v) is 41.5. The molecule has 0 amide bonds. The lowest BCUT2D eigenvalue weighted by atomic mass is 9.92. The highest BCUT2D eigenvalue weighted by Crippen LogP contribution is 2.49. The second-order valence-electron chi connectivity index (χ2n) is 18.1. The fraction of sp³-hybridized carbons (Fsp3) is 0.120. The molecule has 352 valence electrons. The molecule has 12 nitrogen and oxygen atoms in total. The summed E-state index contributed by atoms with van der Waals surface area (Å²) in [5.41, 5.74) is 0. The molecule has 0 radical (unpaired) electrons. The van der Waals surface area contributed by atoms with Gasteiger partial charge in [0.15, 0.2) is 0 Å². The van der Waals surface area contributed by atoms with E-state index in [2.05, 4.69) is 12.2 Å². The summed E-state index contributed by atoms with van der Waals surface area (Å²) in [6.07, 6.45) is 8.08. The summed E-state index contributed by atoms with van der Waals surface area (Å²) in [7, 11) is -37.2. The molecule has 7 aromatic rings. The summed E-state index contributed by atoms with van der Waals surface area (Å²) >= 11 is 0. The van der Waals surface area contributed by atoms with E-state index in [-0.39, 0.29) is 0 Å². The molecule has 1 aliphatic carbocycles. The summed E-state index contributed by atoms with van der Waals surface area (Å²) in [5, 5.41) is 4.28. The van der Waals surface area contributed by atoms with Crippen molar-refractivity contribution in [2.75, 3.05) is 0 Å². The average molecular weight is 1070 g/mol. The minimum atomic E-state index is -4.71. The zero-order valence-electron chi connectivity index (χ0n) is 37.9. The fourth-order valence-corrected chi connectivity index (χ4v) is 56.8. The van der Waals surface area contributed by atoms with Gasteiger partial charge in [0.25, 0.3) is 0 Å². The molecular weight excluding hydrogens is 1020 g/mol. The van der Waals surface area contributed by atoms with Crippen molar-refractivity contribution in [1.82, 2.24) is 0 Å². The molecular formula is C50H48O12Si8. The van der Waals surface area contributed by atoms with E-state index in [1.807, 2.05) is 212 Å². The summed E-state index contributed by atoms with van der Waals surface area (Å²) in [4.78, 5) is 0. The van der Waals surface area contributed by atoms with Crippen LogP contribution >= 0.6 is 0 Å². The van der Waals surface area contributed by atoms with Gasteiger partial charge in [0.2, 0.25) is 0 Å². The first-order valence-electron chi connectivity index (χ1n) is 23.8. The lowest BCUT2D eigenvalue weighted by molar-refractivity contribution is -0.00701. The van der Waals surface area contributed by atoms with E-state index >= 15 is 0 Å². The third-order valence-electron chi connectivity index (χ3n) is 13.4. The molecule has 1 atom stereocenters. The Bertz CT molecular complexity index is 2710. The van der Waals surface area contributed by atoms with E-state index in [4.69, 9.17) is 49.4 Å². The van der Waals surface area contributed by atoms with Crippen LogP contribution in [-0.2, 0) is 49.4 Å². The first-order valence-corrected chi connectivity index (χ1v) is 37.8. The first kappa shape index (κ1) is 45.4. The molecule has 6 aliphatic heterocycles. The summed E-state index contributed by atoms with van der Waals surface area (Å²) in [5.74, 6) is 0.305. The van der Waals surface area contributed by atoms with E-state index in [1.54, 1.807) is 0 Å². The van der Waals surface area contributed by atoms with Gasteiger partial charge >= 0.3 is 70.4 Å². The van der Waals surface area contributed by atoms with Gasteiger partial charge in [-0.15, -0.1) is 0 Å². The van der Waals surface area contributed by atoms with Gasteiger partial charge in [0, 0.05) is 42.4 Å². The van der Waals surface area contributed by atoms with Crippen LogP contribution in [0.1, 0.15) is 25.7 Å².